The van der Waals surface area contributed by atoms with Crippen molar-refractivity contribution in [1.82, 2.24) is 0 Å². The molecule has 1 heteroatoms. The van der Waals surface area contributed by atoms with Crippen LogP contribution in [0.25, 0.3) is 0 Å². The topological polar surface area (TPSA) is 9.23 Å². The second-order valence-corrected chi connectivity index (χ2v) is 2.89. The Morgan fingerprint density at radius 1 is 1.27 bits per heavy atom. The highest BCUT2D eigenvalue weighted by molar-refractivity contribution is 5.22. The maximum Gasteiger partial charge on any atom is 0.0981 e. The zero-order chi connectivity index (χ0) is 8.85. The second kappa shape index (κ2) is 5.00. The minimum atomic E-state index is 0.964. The van der Waals surface area contributed by atoms with E-state index >= 15 is 0 Å². The summed E-state index contributed by atoms with van der Waals surface area (Å²) in [6, 6.07) is 0. The van der Waals surface area contributed by atoms with Crippen LogP contribution in [0.2, 0.25) is 0 Å². The van der Waals surface area contributed by atoms with Crippen molar-refractivity contribution < 1.29 is 4.74 Å². The van der Waals surface area contributed by atoms with Gasteiger partial charge in [0.15, 0.2) is 0 Å². The van der Waals surface area contributed by atoms with Crippen LogP contribution in [0.1, 0.15) is 34.1 Å². The average molecular weight is 154 g/mol. The lowest BCUT2D eigenvalue weighted by molar-refractivity contribution is 0.277. The Labute approximate surface area is 69.8 Å². The summed E-state index contributed by atoms with van der Waals surface area (Å²) in [4.78, 5) is 0. The summed E-state index contributed by atoms with van der Waals surface area (Å²) in [6.45, 7) is 8.36. The molecule has 0 unspecified atom stereocenters. The molecule has 11 heavy (non-hydrogen) atoms. The number of methoxy groups -OCH3 is 1. The monoisotopic (exact) mass is 154 g/mol. The molecule has 0 fully saturated rings. The zero-order valence-corrected chi connectivity index (χ0v) is 8.19. The summed E-state index contributed by atoms with van der Waals surface area (Å²) < 4.78 is 5.20. The van der Waals surface area contributed by atoms with Crippen LogP contribution in [0.3, 0.4) is 0 Å². The molecule has 0 heterocycles. The quantitative estimate of drug-likeness (QED) is 0.447. The molecule has 0 spiro atoms. The van der Waals surface area contributed by atoms with E-state index in [1.165, 1.54) is 11.1 Å². The van der Waals surface area contributed by atoms with E-state index in [4.69, 9.17) is 4.74 Å². The van der Waals surface area contributed by atoms with Gasteiger partial charge in [-0.25, -0.2) is 0 Å². The highest BCUT2D eigenvalue weighted by Crippen LogP contribution is 2.11. The maximum absolute atomic E-state index is 5.20. The third-order valence-corrected chi connectivity index (χ3v) is 1.51. The molecule has 1 nitrogen and oxygen atoms in total. The molecule has 64 valence electrons. The first-order valence-electron chi connectivity index (χ1n) is 4.00. The molecule has 0 aromatic carbocycles. The average Bonchev–Trinajstić information content (AvgIpc) is 1.88. The summed E-state index contributed by atoms with van der Waals surface area (Å²) in [5, 5.41) is 0. The lowest BCUT2D eigenvalue weighted by Crippen LogP contribution is -1.88. The minimum Gasteiger partial charge on any atom is -0.501 e. The van der Waals surface area contributed by atoms with Crippen LogP contribution in [-0.2, 0) is 4.74 Å². The van der Waals surface area contributed by atoms with Gasteiger partial charge in [-0.05, 0) is 26.3 Å². The van der Waals surface area contributed by atoms with Gasteiger partial charge in [0.1, 0.15) is 0 Å². The molecule has 0 aliphatic carbocycles. The molecule has 0 N–H and O–H groups in total. The van der Waals surface area contributed by atoms with E-state index in [0.29, 0.717) is 0 Å². The lowest BCUT2D eigenvalue weighted by atomic mass is 10.1. The summed E-state index contributed by atoms with van der Waals surface area (Å²) in [5.41, 5.74) is 2.54. The van der Waals surface area contributed by atoms with Crippen LogP contribution < -0.4 is 0 Å². The van der Waals surface area contributed by atoms with E-state index in [0.717, 1.165) is 12.2 Å². The Bertz CT molecular complexity index is 165. The molecular formula is C10H18O. The molecule has 0 aromatic heterocycles. The molecule has 0 aliphatic heterocycles. The van der Waals surface area contributed by atoms with Crippen molar-refractivity contribution in [1.29, 1.82) is 0 Å². The molecule has 0 bridgehead atoms. The standard InChI is InChI=1S/C10H18O/c1-6-10(11-5)9(4)7-8(2)3/h7H,6H2,1-5H3/b10-9+. The fourth-order valence-corrected chi connectivity index (χ4v) is 1.10. The van der Waals surface area contributed by atoms with E-state index in [2.05, 4.69) is 33.8 Å². The van der Waals surface area contributed by atoms with Gasteiger partial charge in [-0.15, -0.1) is 0 Å². The van der Waals surface area contributed by atoms with E-state index < -0.39 is 0 Å². The molecule has 0 atom stereocenters. The van der Waals surface area contributed by atoms with Crippen molar-refractivity contribution in [2.75, 3.05) is 7.11 Å². The molecule has 0 saturated heterocycles. The number of hydrogen-bond donors (Lipinski definition) is 0. The molecule has 0 saturated carbocycles. The minimum absolute atomic E-state index is 0.964. The van der Waals surface area contributed by atoms with Crippen LogP contribution in [0.4, 0.5) is 0 Å². The Morgan fingerprint density at radius 2 is 1.82 bits per heavy atom. The first kappa shape index (κ1) is 10.3. The zero-order valence-electron chi connectivity index (χ0n) is 8.19. The van der Waals surface area contributed by atoms with Crippen LogP contribution in [-0.4, -0.2) is 7.11 Å². The Balaban J connectivity index is 4.48. The Hall–Kier alpha value is -0.720. The maximum atomic E-state index is 5.20. The molecule has 0 aliphatic rings. The summed E-state index contributed by atoms with van der Waals surface area (Å²) in [7, 11) is 1.72. The fraction of sp³-hybridized carbons (Fsp3) is 0.600. The van der Waals surface area contributed by atoms with Crippen molar-refractivity contribution >= 4 is 0 Å². The number of ether oxygens (including phenoxy) is 1. The van der Waals surface area contributed by atoms with Crippen LogP contribution in [0, 0.1) is 0 Å². The molecule has 0 amide bonds. The predicted molar refractivity (Wildman–Crippen MR) is 49.4 cm³/mol. The molecule has 0 rings (SSSR count). The van der Waals surface area contributed by atoms with Gasteiger partial charge < -0.3 is 4.74 Å². The van der Waals surface area contributed by atoms with Gasteiger partial charge in [0.05, 0.1) is 12.9 Å². The van der Waals surface area contributed by atoms with Crippen LogP contribution >= 0.6 is 0 Å². The van der Waals surface area contributed by atoms with Gasteiger partial charge in [-0.1, -0.05) is 18.6 Å². The van der Waals surface area contributed by atoms with E-state index in [-0.39, 0.29) is 0 Å². The molecule has 0 radical (unpaired) electrons. The third kappa shape index (κ3) is 3.87. The highest BCUT2D eigenvalue weighted by atomic mass is 16.5. The van der Waals surface area contributed by atoms with Gasteiger partial charge in [-0.3, -0.25) is 0 Å². The Morgan fingerprint density at radius 3 is 2.09 bits per heavy atom. The van der Waals surface area contributed by atoms with E-state index in [1.54, 1.807) is 7.11 Å². The van der Waals surface area contributed by atoms with Crippen molar-refractivity contribution in [3.05, 3.63) is 23.0 Å². The second-order valence-electron chi connectivity index (χ2n) is 2.89. The first-order valence-corrected chi connectivity index (χ1v) is 4.00. The summed E-state index contributed by atoms with van der Waals surface area (Å²) in [6.07, 6.45) is 3.11. The summed E-state index contributed by atoms with van der Waals surface area (Å²) >= 11 is 0. The largest absolute Gasteiger partial charge is 0.501 e. The third-order valence-electron chi connectivity index (χ3n) is 1.51. The van der Waals surface area contributed by atoms with Gasteiger partial charge in [0.2, 0.25) is 0 Å². The molecular weight excluding hydrogens is 136 g/mol. The highest BCUT2D eigenvalue weighted by Gasteiger charge is 1.95. The fourth-order valence-electron chi connectivity index (χ4n) is 1.10. The van der Waals surface area contributed by atoms with Crippen molar-refractivity contribution in [2.24, 2.45) is 0 Å². The summed E-state index contributed by atoms with van der Waals surface area (Å²) in [5.74, 6) is 1.08. The number of rotatable bonds is 3. The smallest absolute Gasteiger partial charge is 0.0981 e. The van der Waals surface area contributed by atoms with Crippen molar-refractivity contribution in [2.45, 2.75) is 34.1 Å². The van der Waals surface area contributed by atoms with Crippen LogP contribution in [0.5, 0.6) is 0 Å². The van der Waals surface area contributed by atoms with Crippen LogP contribution in [0.15, 0.2) is 23.0 Å². The van der Waals surface area contributed by atoms with Gasteiger partial charge in [-0.2, -0.15) is 0 Å². The Kier molecular flexibility index (Phi) is 4.67. The van der Waals surface area contributed by atoms with Gasteiger partial charge >= 0.3 is 0 Å². The number of allylic oxidation sites excluding steroid dienone is 4. The molecule has 0 aromatic rings. The predicted octanol–water partition coefficient (Wildman–Crippen LogP) is 3.28. The van der Waals surface area contributed by atoms with Gasteiger partial charge in [0, 0.05) is 6.42 Å². The normalized spacial score (nSPS) is 12.1. The first-order chi connectivity index (χ1) is 5.11. The van der Waals surface area contributed by atoms with Gasteiger partial charge in [0.25, 0.3) is 0 Å². The SMILES string of the molecule is CC/C(OC)=C(/C)C=C(C)C. The van der Waals surface area contributed by atoms with Crippen molar-refractivity contribution in [3.63, 3.8) is 0 Å². The van der Waals surface area contributed by atoms with E-state index in [1.807, 2.05) is 0 Å². The van der Waals surface area contributed by atoms with E-state index in [9.17, 15) is 0 Å². The number of hydrogen-bond acceptors (Lipinski definition) is 1. The van der Waals surface area contributed by atoms with Crippen molar-refractivity contribution in [3.8, 4) is 0 Å². The lowest BCUT2D eigenvalue weighted by Gasteiger charge is -2.05.